The maximum Gasteiger partial charge on any atom is 0.231 e. The number of likely N-dealkylation sites (N-methyl/N-ethyl adjacent to an activating group) is 2. The molecule has 0 saturated carbocycles. The molecule has 2 heterocycles. The van der Waals surface area contributed by atoms with Crippen molar-refractivity contribution in [3.05, 3.63) is 36.0 Å². The highest BCUT2D eigenvalue weighted by atomic mass is 16.1. The fraction of sp³-hybridized carbons (Fsp3) is 0.500. The van der Waals surface area contributed by atoms with Gasteiger partial charge in [-0.25, -0.2) is 9.97 Å². The lowest BCUT2D eigenvalue weighted by molar-refractivity contribution is -0.118. The van der Waals surface area contributed by atoms with Gasteiger partial charge in [-0.15, -0.1) is 0 Å². The van der Waals surface area contributed by atoms with E-state index >= 15 is 0 Å². The summed E-state index contributed by atoms with van der Waals surface area (Å²) in [6.45, 7) is 8.14. The van der Waals surface area contributed by atoms with Crippen LogP contribution in [0.4, 0.5) is 11.5 Å². The number of amides is 1. The highest BCUT2D eigenvalue weighted by Crippen LogP contribution is 2.23. The third kappa shape index (κ3) is 6.14. The van der Waals surface area contributed by atoms with E-state index in [-0.39, 0.29) is 12.5 Å². The van der Waals surface area contributed by atoms with Crippen LogP contribution in [-0.2, 0) is 4.79 Å². The average molecular weight is 412 g/mol. The van der Waals surface area contributed by atoms with Crippen LogP contribution in [0.2, 0.25) is 0 Å². The van der Waals surface area contributed by atoms with E-state index in [1.54, 1.807) is 0 Å². The first-order valence-electron chi connectivity index (χ1n) is 10.5. The summed E-state index contributed by atoms with van der Waals surface area (Å²) < 4.78 is 0. The minimum absolute atomic E-state index is 0.279. The number of rotatable bonds is 9. The molecular weight excluding hydrogens is 378 g/mol. The molecule has 3 rings (SSSR count). The van der Waals surface area contributed by atoms with Gasteiger partial charge in [-0.05, 0) is 51.7 Å². The number of carbonyl (C=O) groups is 1. The van der Waals surface area contributed by atoms with Crippen molar-refractivity contribution in [3.8, 4) is 11.4 Å². The van der Waals surface area contributed by atoms with E-state index in [0.717, 1.165) is 68.5 Å². The van der Waals surface area contributed by atoms with E-state index < -0.39 is 0 Å². The smallest absolute Gasteiger partial charge is 0.231 e. The number of nitrogens with zero attached hydrogens (tertiary/aromatic N) is 5. The Bertz CT molecular complexity index is 832. The Morgan fingerprint density at radius 3 is 2.57 bits per heavy atom. The highest BCUT2D eigenvalue weighted by Gasteiger charge is 2.14. The summed E-state index contributed by atoms with van der Waals surface area (Å²) in [5, 5.41) is 3.39. The van der Waals surface area contributed by atoms with Gasteiger partial charge in [0.15, 0.2) is 5.82 Å². The molecule has 0 aliphatic carbocycles. The summed E-state index contributed by atoms with van der Waals surface area (Å²) in [6.07, 6.45) is 2.75. The zero-order valence-electron chi connectivity index (χ0n) is 18.3. The number of hydrogen-bond acceptors (Lipinski definition) is 7. The Hall–Kier alpha value is -2.71. The second-order valence-electron chi connectivity index (χ2n) is 8.05. The third-order valence-corrected chi connectivity index (χ3v) is 5.40. The molecular formula is C22H33N7O. The predicted octanol–water partition coefficient (Wildman–Crippen LogP) is 1.42. The van der Waals surface area contributed by atoms with Crippen molar-refractivity contribution in [1.29, 1.82) is 0 Å². The molecule has 2 aromatic rings. The van der Waals surface area contributed by atoms with Gasteiger partial charge in [0.05, 0.1) is 6.54 Å². The number of hydrogen-bond donors (Lipinski definition) is 2. The predicted molar refractivity (Wildman–Crippen MR) is 122 cm³/mol. The van der Waals surface area contributed by atoms with Crippen LogP contribution in [0.5, 0.6) is 0 Å². The number of anilines is 2. The molecule has 1 aromatic carbocycles. The van der Waals surface area contributed by atoms with Crippen LogP contribution in [0.25, 0.3) is 11.4 Å². The van der Waals surface area contributed by atoms with Crippen molar-refractivity contribution in [1.82, 2.24) is 19.8 Å². The molecule has 0 spiro atoms. The molecule has 8 nitrogen and oxygen atoms in total. The average Bonchev–Trinajstić information content (AvgIpc) is 2.72. The Balaban J connectivity index is 1.58. The lowest BCUT2D eigenvalue weighted by atomic mass is 10.1. The normalized spacial score (nSPS) is 14.9. The van der Waals surface area contributed by atoms with E-state index in [1.165, 1.54) is 5.69 Å². The Morgan fingerprint density at radius 2 is 1.90 bits per heavy atom. The quantitative estimate of drug-likeness (QED) is 0.603. The van der Waals surface area contributed by atoms with E-state index in [9.17, 15) is 4.79 Å². The maximum atomic E-state index is 10.9. The van der Waals surface area contributed by atoms with Crippen LogP contribution in [0.15, 0.2) is 30.5 Å². The molecule has 1 fully saturated rings. The molecule has 0 unspecified atom stereocenters. The number of aromatic nitrogens is 2. The minimum atomic E-state index is -0.305. The molecule has 8 heteroatoms. The van der Waals surface area contributed by atoms with E-state index in [4.69, 9.17) is 10.7 Å². The first-order valence-corrected chi connectivity index (χ1v) is 10.5. The van der Waals surface area contributed by atoms with Crippen molar-refractivity contribution in [2.24, 2.45) is 5.73 Å². The van der Waals surface area contributed by atoms with Crippen molar-refractivity contribution in [2.75, 3.05) is 70.1 Å². The monoisotopic (exact) mass is 411 g/mol. The van der Waals surface area contributed by atoms with Gasteiger partial charge in [0.1, 0.15) is 5.82 Å². The second-order valence-corrected chi connectivity index (χ2v) is 8.05. The number of nitrogens with two attached hydrogens (primary N) is 1. The van der Waals surface area contributed by atoms with Gasteiger partial charge in [0.2, 0.25) is 5.91 Å². The number of nitrogens with one attached hydrogen (secondary N) is 1. The zero-order chi connectivity index (χ0) is 21.5. The van der Waals surface area contributed by atoms with Gasteiger partial charge in [0, 0.05) is 62.3 Å². The first kappa shape index (κ1) is 22.0. The van der Waals surface area contributed by atoms with Crippen LogP contribution in [0.1, 0.15) is 12.0 Å². The Labute approximate surface area is 179 Å². The fourth-order valence-electron chi connectivity index (χ4n) is 3.55. The highest BCUT2D eigenvalue weighted by molar-refractivity contribution is 5.75. The summed E-state index contributed by atoms with van der Waals surface area (Å²) in [7, 11) is 4.06. The van der Waals surface area contributed by atoms with E-state index in [1.807, 2.05) is 25.1 Å². The summed E-state index contributed by atoms with van der Waals surface area (Å²) in [5.41, 5.74) is 8.49. The molecule has 1 saturated heterocycles. The number of primary amides is 1. The van der Waals surface area contributed by atoms with E-state index in [2.05, 4.69) is 51.4 Å². The lowest BCUT2D eigenvalue weighted by Crippen LogP contribution is -2.44. The van der Waals surface area contributed by atoms with Crippen LogP contribution in [-0.4, -0.2) is 85.6 Å². The van der Waals surface area contributed by atoms with Crippen LogP contribution < -0.4 is 16.0 Å². The maximum absolute atomic E-state index is 10.9. The van der Waals surface area contributed by atoms with Crippen molar-refractivity contribution in [2.45, 2.75) is 13.3 Å². The fourth-order valence-corrected chi connectivity index (χ4v) is 3.55. The molecule has 1 aromatic heterocycles. The Morgan fingerprint density at radius 1 is 1.20 bits per heavy atom. The standard InChI is InChI=1S/C22H33N7O/c1-17-15-25-22(26-21(17)24-9-4-10-28(3)16-20(23)30)18-5-7-19(8-6-18)29-13-11-27(2)12-14-29/h5-8,15H,4,9-14,16H2,1-3H3,(H2,23,30)(H,24,25,26). The summed E-state index contributed by atoms with van der Waals surface area (Å²) in [5.74, 6) is 1.26. The van der Waals surface area contributed by atoms with Crippen molar-refractivity contribution < 1.29 is 4.79 Å². The SMILES string of the molecule is Cc1cnc(-c2ccc(N3CCN(C)CC3)cc2)nc1NCCCN(C)CC(N)=O. The number of carbonyl (C=O) groups excluding carboxylic acids is 1. The molecule has 0 atom stereocenters. The van der Waals surface area contributed by atoms with Gasteiger partial charge in [-0.2, -0.15) is 0 Å². The topological polar surface area (TPSA) is 90.6 Å². The van der Waals surface area contributed by atoms with Crippen molar-refractivity contribution >= 4 is 17.4 Å². The van der Waals surface area contributed by atoms with Gasteiger partial charge < -0.3 is 20.9 Å². The summed E-state index contributed by atoms with van der Waals surface area (Å²) >= 11 is 0. The molecule has 1 amide bonds. The van der Waals surface area contributed by atoms with E-state index in [0.29, 0.717) is 0 Å². The van der Waals surface area contributed by atoms with Gasteiger partial charge in [-0.1, -0.05) is 0 Å². The molecule has 30 heavy (non-hydrogen) atoms. The number of piperazine rings is 1. The number of benzene rings is 1. The molecule has 3 N–H and O–H groups in total. The largest absolute Gasteiger partial charge is 0.370 e. The van der Waals surface area contributed by atoms with Crippen LogP contribution in [0.3, 0.4) is 0 Å². The Kier molecular flexibility index (Phi) is 7.59. The van der Waals surface area contributed by atoms with Crippen LogP contribution >= 0.6 is 0 Å². The summed E-state index contributed by atoms with van der Waals surface area (Å²) in [6, 6.07) is 8.51. The van der Waals surface area contributed by atoms with Gasteiger partial charge in [-0.3, -0.25) is 9.69 Å². The van der Waals surface area contributed by atoms with Crippen LogP contribution in [0, 0.1) is 6.92 Å². The minimum Gasteiger partial charge on any atom is -0.370 e. The van der Waals surface area contributed by atoms with Crippen molar-refractivity contribution in [3.63, 3.8) is 0 Å². The van der Waals surface area contributed by atoms with Gasteiger partial charge in [0.25, 0.3) is 0 Å². The van der Waals surface area contributed by atoms with Gasteiger partial charge >= 0.3 is 0 Å². The zero-order valence-corrected chi connectivity index (χ0v) is 18.3. The molecule has 1 aliphatic heterocycles. The third-order valence-electron chi connectivity index (χ3n) is 5.40. The second kappa shape index (κ2) is 10.4. The summed E-state index contributed by atoms with van der Waals surface area (Å²) in [4.78, 5) is 26.9. The molecule has 0 radical (unpaired) electrons. The molecule has 1 aliphatic rings. The first-order chi connectivity index (χ1) is 14.4. The number of aryl methyl sites for hydroxylation is 1. The lowest BCUT2D eigenvalue weighted by Gasteiger charge is -2.34. The molecule has 0 bridgehead atoms. The molecule has 162 valence electrons.